The lowest BCUT2D eigenvalue weighted by molar-refractivity contribution is -0.384. The van der Waals surface area contributed by atoms with Crippen LogP contribution in [-0.2, 0) is 4.79 Å². The molecule has 1 aromatic heterocycles. The molecular weight excluding hydrogens is 162 g/mol. The molecule has 1 aromatic rings. The summed E-state index contributed by atoms with van der Waals surface area (Å²) in [5, 5.41) is 12.4. The molecule has 1 heterocycles. The Bertz CT molecular complexity index is 313. The highest BCUT2D eigenvalue weighted by Crippen LogP contribution is 2.12. The third kappa shape index (κ3) is 1.75. The lowest BCUT2D eigenvalue weighted by atomic mass is 10.4. The van der Waals surface area contributed by atoms with Gasteiger partial charge in [-0.25, -0.2) is 4.98 Å². The first-order valence-corrected chi connectivity index (χ1v) is 3.04. The number of aromatic nitrogens is 1. The second-order valence-electron chi connectivity index (χ2n) is 1.92. The van der Waals surface area contributed by atoms with Crippen LogP contribution in [0.2, 0.25) is 0 Å². The van der Waals surface area contributed by atoms with Gasteiger partial charge in [0, 0.05) is 12.3 Å². The van der Waals surface area contributed by atoms with Gasteiger partial charge in [-0.05, 0) is 0 Å². The van der Waals surface area contributed by atoms with Crippen LogP contribution >= 0.6 is 0 Å². The van der Waals surface area contributed by atoms with Gasteiger partial charge in [0.15, 0.2) is 0 Å². The average molecular weight is 167 g/mol. The molecule has 6 heteroatoms. The van der Waals surface area contributed by atoms with E-state index in [0.717, 1.165) is 0 Å². The highest BCUT2D eigenvalue weighted by molar-refractivity contribution is 5.69. The van der Waals surface area contributed by atoms with Crippen molar-refractivity contribution in [2.24, 2.45) is 0 Å². The summed E-state index contributed by atoms with van der Waals surface area (Å²) in [5.41, 5.74) is -0.102. The monoisotopic (exact) mass is 167 g/mol. The largest absolute Gasteiger partial charge is 0.313 e. The van der Waals surface area contributed by atoms with Crippen LogP contribution in [0.3, 0.4) is 0 Å². The molecular formula is C6H5N3O3. The SMILES string of the molecule is O=CNc1cc([N+](=O)[O-])ccn1. The van der Waals surface area contributed by atoms with Gasteiger partial charge in [0.25, 0.3) is 5.69 Å². The Labute approximate surface area is 67.4 Å². The number of pyridine rings is 1. The molecule has 0 unspecified atom stereocenters. The fraction of sp³-hybridized carbons (Fsp3) is 0. The molecule has 0 aliphatic rings. The third-order valence-corrected chi connectivity index (χ3v) is 1.16. The van der Waals surface area contributed by atoms with Crippen molar-refractivity contribution in [1.29, 1.82) is 0 Å². The highest BCUT2D eigenvalue weighted by atomic mass is 16.6. The van der Waals surface area contributed by atoms with E-state index in [1.54, 1.807) is 0 Å². The standard InChI is InChI=1S/C6H5N3O3/c10-4-8-6-3-5(9(11)12)1-2-7-6/h1-4H,(H,7,8,10). The van der Waals surface area contributed by atoms with E-state index in [9.17, 15) is 14.9 Å². The summed E-state index contributed by atoms with van der Waals surface area (Å²) in [6, 6.07) is 2.42. The summed E-state index contributed by atoms with van der Waals surface area (Å²) < 4.78 is 0. The predicted molar refractivity (Wildman–Crippen MR) is 40.6 cm³/mol. The van der Waals surface area contributed by atoms with Crippen molar-refractivity contribution in [3.05, 3.63) is 28.4 Å². The zero-order valence-electron chi connectivity index (χ0n) is 5.93. The molecule has 62 valence electrons. The van der Waals surface area contributed by atoms with E-state index in [2.05, 4.69) is 10.3 Å². The van der Waals surface area contributed by atoms with Crippen LogP contribution in [0.25, 0.3) is 0 Å². The number of carbonyl (C=O) groups excluding carboxylic acids is 1. The normalized spacial score (nSPS) is 9.00. The average Bonchev–Trinajstić information content (AvgIpc) is 2.05. The van der Waals surface area contributed by atoms with Crippen LogP contribution in [0.15, 0.2) is 18.3 Å². The molecule has 0 saturated heterocycles. The van der Waals surface area contributed by atoms with Gasteiger partial charge in [0.2, 0.25) is 6.41 Å². The van der Waals surface area contributed by atoms with Crippen molar-refractivity contribution in [3.63, 3.8) is 0 Å². The lowest BCUT2D eigenvalue weighted by Crippen LogP contribution is -1.97. The molecule has 0 aliphatic carbocycles. The molecule has 0 spiro atoms. The van der Waals surface area contributed by atoms with Gasteiger partial charge in [-0.2, -0.15) is 0 Å². The first-order valence-electron chi connectivity index (χ1n) is 3.04. The van der Waals surface area contributed by atoms with E-state index in [1.807, 2.05) is 0 Å². The van der Waals surface area contributed by atoms with Crippen LogP contribution in [0.4, 0.5) is 11.5 Å². The number of hydrogen-bond acceptors (Lipinski definition) is 4. The number of rotatable bonds is 3. The Balaban J connectivity index is 2.95. The zero-order chi connectivity index (χ0) is 8.97. The quantitative estimate of drug-likeness (QED) is 0.405. The first kappa shape index (κ1) is 8.12. The number of nitrogens with zero attached hydrogens (tertiary/aromatic N) is 2. The van der Waals surface area contributed by atoms with Gasteiger partial charge in [0.05, 0.1) is 11.0 Å². The molecule has 0 bridgehead atoms. The van der Waals surface area contributed by atoms with E-state index in [-0.39, 0.29) is 11.5 Å². The fourth-order valence-corrected chi connectivity index (χ4v) is 0.672. The first-order chi connectivity index (χ1) is 5.74. The van der Waals surface area contributed by atoms with E-state index in [4.69, 9.17) is 0 Å². The number of nitro groups is 1. The summed E-state index contributed by atoms with van der Waals surface area (Å²) in [7, 11) is 0. The molecule has 0 saturated carbocycles. The molecule has 0 aliphatic heterocycles. The summed E-state index contributed by atoms with van der Waals surface area (Å²) in [6.45, 7) is 0. The zero-order valence-corrected chi connectivity index (χ0v) is 5.93. The molecule has 0 radical (unpaired) electrons. The minimum Gasteiger partial charge on any atom is -0.313 e. The van der Waals surface area contributed by atoms with E-state index in [0.29, 0.717) is 6.41 Å². The van der Waals surface area contributed by atoms with Crippen molar-refractivity contribution >= 4 is 17.9 Å². The number of hydrogen-bond donors (Lipinski definition) is 1. The Kier molecular flexibility index (Phi) is 2.32. The Hall–Kier alpha value is -1.98. The molecule has 0 aromatic carbocycles. The minimum absolute atomic E-state index is 0.102. The second-order valence-corrected chi connectivity index (χ2v) is 1.92. The number of amides is 1. The molecule has 1 amide bonds. The minimum atomic E-state index is -0.558. The van der Waals surface area contributed by atoms with Crippen molar-refractivity contribution in [2.45, 2.75) is 0 Å². The van der Waals surface area contributed by atoms with Gasteiger partial charge >= 0.3 is 0 Å². The van der Waals surface area contributed by atoms with Gasteiger partial charge in [0.1, 0.15) is 5.82 Å². The molecule has 0 atom stereocenters. The fourth-order valence-electron chi connectivity index (χ4n) is 0.672. The van der Waals surface area contributed by atoms with E-state index < -0.39 is 4.92 Å². The molecule has 0 fully saturated rings. The smallest absolute Gasteiger partial charge is 0.274 e. The second kappa shape index (κ2) is 3.42. The van der Waals surface area contributed by atoms with Crippen LogP contribution in [-0.4, -0.2) is 16.3 Å². The topological polar surface area (TPSA) is 85.1 Å². The van der Waals surface area contributed by atoms with Gasteiger partial charge < -0.3 is 5.32 Å². The van der Waals surface area contributed by atoms with Gasteiger partial charge in [-0.15, -0.1) is 0 Å². The van der Waals surface area contributed by atoms with Crippen LogP contribution in [0, 0.1) is 10.1 Å². The number of anilines is 1. The molecule has 1 N–H and O–H groups in total. The molecule has 6 nitrogen and oxygen atoms in total. The number of carbonyl (C=O) groups is 1. The van der Waals surface area contributed by atoms with Crippen molar-refractivity contribution in [3.8, 4) is 0 Å². The molecule has 1 rings (SSSR count). The van der Waals surface area contributed by atoms with Crippen LogP contribution in [0.5, 0.6) is 0 Å². The predicted octanol–water partition coefficient (Wildman–Crippen LogP) is 0.558. The summed E-state index contributed by atoms with van der Waals surface area (Å²) in [6.07, 6.45) is 1.66. The maximum Gasteiger partial charge on any atom is 0.274 e. The highest BCUT2D eigenvalue weighted by Gasteiger charge is 2.05. The van der Waals surface area contributed by atoms with Gasteiger partial charge in [-0.3, -0.25) is 14.9 Å². The van der Waals surface area contributed by atoms with E-state index in [1.165, 1.54) is 18.3 Å². The maximum absolute atomic E-state index is 10.2. The Morgan fingerprint density at radius 2 is 2.42 bits per heavy atom. The number of nitrogens with one attached hydrogen (secondary N) is 1. The van der Waals surface area contributed by atoms with Crippen LogP contribution < -0.4 is 5.32 Å². The Morgan fingerprint density at radius 1 is 1.67 bits per heavy atom. The van der Waals surface area contributed by atoms with Crippen molar-refractivity contribution in [1.82, 2.24) is 4.98 Å². The summed E-state index contributed by atoms with van der Waals surface area (Å²) >= 11 is 0. The Morgan fingerprint density at radius 3 is 3.00 bits per heavy atom. The van der Waals surface area contributed by atoms with E-state index >= 15 is 0 Å². The van der Waals surface area contributed by atoms with Gasteiger partial charge in [-0.1, -0.05) is 0 Å². The third-order valence-electron chi connectivity index (χ3n) is 1.16. The summed E-state index contributed by atoms with van der Waals surface area (Å²) in [5.74, 6) is 0.166. The van der Waals surface area contributed by atoms with Crippen molar-refractivity contribution < 1.29 is 9.72 Å². The van der Waals surface area contributed by atoms with Crippen LogP contribution in [0.1, 0.15) is 0 Å². The lowest BCUT2D eigenvalue weighted by Gasteiger charge is -1.95. The van der Waals surface area contributed by atoms with Crippen molar-refractivity contribution in [2.75, 3.05) is 5.32 Å². The maximum atomic E-state index is 10.2. The summed E-state index contributed by atoms with van der Waals surface area (Å²) in [4.78, 5) is 23.3. The molecule has 12 heavy (non-hydrogen) atoms.